The molecule has 3 N–H and O–H groups in total. The molecule has 29 heavy (non-hydrogen) atoms. The lowest BCUT2D eigenvalue weighted by molar-refractivity contribution is 0.0697. The first-order chi connectivity index (χ1) is 13.9. The smallest absolute Gasteiger partial charge is 0.337 e. The van der Waals surface area contributed by atoms with Crippen molar-refractivity contribution < 1.29 is 19.5 Å². The van der Waals surface area contributed by atoms with Crippen LogP contribution in [0.15, 0.2) is 59.5 Å². The number of hydrogen-bond acceptors (Lipinski definition) is 5. The van der Waals surface area contributed by atoms with E-state index in [9.17, 15) is 19.5 Å². The monoisotopic (exact) mass is 403 g/mol. The van der Waals surface area contributed by atoms with Crippen molar-refractivity contribution in [2.45, 2.75) is 17.6 Å². The molecular weight excluding hydrogens is 386 g/mol. The van der Waals surface area contributed by atoms with Gasteiger partial charge >= 0.3 is 5.97 Å². The molecule has 0 saturated carbocycles. The number of hydrogen-bond donors (Lipinski definition) is 2. The van der Waals surface area contributed by atoms with Crippen molar-refractivity contribution in [2.75, 3.05) is 5.73 Å². The summed E-state index contributed by atoms with van der Waals surface area (Å²) in [7, 11) is 0. The van der Waals surface area contributed by atoms with E-state index in [0.717, 1.165) is 11.1 Å². The number of carbonyl (C=O) groups excluding carboxylic acids is 2. The van der Waals surface area contributed by atoms with Crippen molar-refractivity contribution in [3.8, 4) is 0 Å². The second kappa shape index (κ2) is 7.22. The van der Waals surface area contributed by atoms with Crippen LogP contribution in [0.1, 0.15) is 53.3 Å². The number of aryl methyl sites for hydroxylation is 1. The van der Waals surface area contributed by atoms with Gasteiger partial charge in [0.2, 0.25) is 0 Å². The van der Waals surface area contributed by atoms with Crippen LogP contribution in [0.25, 0.3) is 0 Å². The second-order valence-corrected chi connectivity index (χ2v) is 7.89. The lowest BCUT2D eigenvalue weighted by Gasteiger charge is -2.22. The molecule has 4 rings (SSSR count). The molecule has 1 aliphatic carbocycles. The minimum atomic E-state index is -1.23. The Morgan fingerprint density at radius 1 is 0.966 bits per heavy atom. The average Bonchev–Trinajstić information content (AvgIpc) is 2.71. The van der Waals surface area contributed by atoms with Crippen LogP contribution in [0.3, 0.4) is 0 Å². The minimum Gasteiger partial charge on any atom is -0.478 e. The third kappa shape index (κ3) is 3.21. The summed E-state index contributed by atoms with van der Waals surface area (Å²) in [6.45, 7) is 1.99. The van der Waals surface area contributed by atoms with Crippen LogP contribution in [0, 0.1) is 6.92 Å². The quantitative estimate of drug-likeness (QED) is 0.388. The van der Waals surface area contributed by atoms with Crippen molar-refractivity contribution in [1.29, 1.82) is 0 Å². The number of aromatic carboxylic acids is 1. The molecule has 144 valence electrons. The Bertz CT molecular complexity index is 1180. The van der Waals surface area contributed by atoms with Gasteiger partial charge in [-0.15, -0.1) is 11.8 Å². The Morgan fingerprint density at radius 3 is 2.14 bits per heavy atom. The van der Waals surface area contributed by atoms with Crippen LogP contribution >= 0.6 is 11.8 Å². The standard InChI is InChI=1S/C23H17NO4S/c1-12-6-8-13(9-7-12)11-29-17-10-16(23(27)28)20(24)19-18(17)21(25)14-4-2-3-5-15(14)22(19)26/h2-10H,11,24H2,1H3,(H,27,28). The molecule has 0 aromatic heterocycles. The molecule has 0 bridgehead atoms. The van der Waals surface area contributed by atoms with Gasteiger partial charge in [0.15, 0.2) is 11.6 Å². The summed E-state index contributed by atoms with van der Waals surface area (Å²) in [6.07, 6.45) is 0. The van der Waals surface area contributed by atoms with E-state index in [4.69, 9.17) is 5.73 Å². The van der Waals surface area contributed by atoms with Gasteiger partial charge in [-0.2, -0.15) is 0 Å². The van der Waals surface area contributed by atoms with Gasteiger partial charge in [-0.05, 0) is 18.6 Å². The Kier molecular flexibility index (Phi) is 4.72. The highest BCUT2D eigenvalue weighted by molar-refractivity contribution is 7.98. The normalized spacial score (nSPS) is 12.4. The highest BCUT2D eigenvalue weighted by Crippen LogP contribution is 2.39. The number of carboxylic acids is 1. The first-order valence-electron chi connectivity index (χ1n) is 8.95. The number of ketones is 2. The molecule has 0 fully saturated rings. The van der Waals surface area contributed by atoms with Gasteiger partial charge in [-0.1, -0.05) is 54.1 Å². The van der Waals surface area contributed by atoms with Crippen LogP contribution in [0.5, 0.6) is 0 Å². The molecule has 0 unspecified atom stereocenters. The van der Waals surface area contributed by atoms with E-state index in [1.165, 1.54) is 17.8 Å². The summed E-state index contributed by atoms with van der Waals surface area (Å²) in [5.41, 5.74) is 8.60. The van der Waals surface area contributed by atoms with Gasteiger partial charge in [0.25, 0.3) is 0 Å². The topological polar surface area (TPSA) is 97.5 Å². The lowest BCUT2D eigenvalue weighted by Crippen LogP contribution is -2.24. The molecule has 0 spiro atoms. The van der Waals surface area contributed by atoms with E-state index in [1.807, 2.05) is 31.2 Å². The maximum Gasteiger partial charge on any atom is 0.337 e. The van der Waals surface area contributed by atoms with Gasteiger partial charge in [-0.25, -0.2) is 4.79 Å². The van der Waals surface area contributed by atoms with E-state index in [-0.39, 0.29) is 33.7 Å². The zero-order chi connectivity index (χ0) is 20.7. The second-order valence-electron chi connectivity index (χ2n) is 6.87. The number of rotatable bonds is 4. The van der Waals surface area contributed by atoms with Gasteiger partial charge in [0.05, 0.1) is 16.8 Å². The summed E-state index contributed by atoms with van der Waals surface area (Å²) in [5.74, 6) is -1.45. The van der Waals surface area contributed by atoms with E-state index >= 15 is 0 Å². The number of thioether (sulfide) groups is 1. The number of fused-ring (bicyclic) bond motifs is 2. The van der Waals surface area contributed by atoms with E-state index in [1.54, 1.807) is 24.3 Å². The first-order valence-corrected chi connectivity index (χ1v) is 9.93. The van der Waals surface area contributed by atoms with Crippen molar-refractivity contribution in [2.24, 2.45) is 0 Å². The van der Waals surface area contributed by atoms with Crippen molar-refractivity contribution in [3.05, 3.63) is 93.5 Å². The summed E-state index contributed by atoms with van der Waals surface area (Å²) >= 11 is 1.32. The fourth-order valence-electron chi connectivity index (χ4n) is 3.42. The number of nitrogens with two attached hydrogens (primary N) is 1. The number of carboxylic acid groups (broad SMARTS) is 1. The molecule has 3 aromatic carbocycles. The predicted molar refractivity (Wildman–Crippen MR) is 112 cm³/mol. The van der Waals surface area contributed by atoms with Gasteiger partial charge in [0.1, 0.15) is 0 Å². The third-order valence-electron chi connectivity index (χ3n) is 4.95. The summed E-state index contributed by atoms with van der Waals surface area (Å²) in [4.78, 5) is 38.4. The SMILES string of the molecule is Cc1ccc(CSc2cc(C(=O)O)c(N)c3c2C(=O)c2ccccc2C3=O)cc1. The highest BCUT2D eigenvalue weighted by atomic mass is 32.2. The molecule has 3 aromatic rings. The molecule has 0 aliphatic heterocycles. The predicted octanol–water partition coefficient (Wildman–Crippen LogP) is 4.34. The molecule has 6 heteroatoms. The number of benzene rings is 3. The van der Waals surface area contributed by atoms with Crippen LogP contribution < -0.4 is 5.73 Å². The molecule has 1 aliphatic rings. The number of nitrogen functional groups attached to an aromatic ring is 1. The van der Waals surface area contributed by atoms with Crippen molar-refractivity contribution in [1.82, 2.24) is 0 Å². The average molecular weight is 403 g/mol. The molecule has 0 radical (unpaired) electrons. The summed E-state index contributed by atoms with van der Waals surface area (Å²) in [6, 6.07) is 15.9. The maximum atomic E-state index is 13.2. The Hall–Kier alpha value is -3.38. The molecule has 0 amide bonds. The molecule has 0 heterocycles. The van der Waals surface area contributed by atoms with E-state index < -0.39 is 11.8 Å². The van der Waals surface area contributed by atoms with Crippen LogP contribution in [0.4, 0.5) is 5.69 Å². The van der Waals surface area contributed by atoms with Crippen LogP contribution in [0.2, 0.25) is 0 Å². The molecule has 0 saturated heterocycles. The third-order valence-corrected chi connectivity index (χ3v) is 6.06. The van der Waals surface area contributed by atoms with Gasteiger partial charge in [-0.3, -0.25) is 9.59 Å². The van der Waals surface area contributed by atoms with E-state index in [2.05, 4.69) is 0 Å². The fraction of sp³-hybridized carbons (Fsp3) is 0.0870. The lowest BCUT2D eigenvalue weighted by atomic mass is 9.82. The summed E-state index contributed by atoms with van der Waals surface area (Å²) in [5, 5.41) is 9.57. The number of anilines is 1. The zero-order valence-electron chi connectivity index (χ0n) is 15.6. The van der Waals surface area contributed by atoms with Gasteiger partial charge in [0, 0.05) is 27.3 Å². The van der Waals surface area contributed by atoms with Crippen molar-refractivity contribution in [3.63, 3.8) is 0 Å². The first kappa shape index (κ1) is 19.0. The highest BCUT2D eigenvalue weighted by Gasteiger charge is 2.35. The zero-order valence-corrected chi connectivity index (χ0v) is 16.4. The Balaban J connectivity index is 1.86. The van der Waals surface area contributed by atoms with Crippen molar-refractivity contribution >= 4 is 35.0 Å². The fourth-order valence-corrected chi connectivity index (χ4v) is 4.47. The minimum absolute atomic E-state index is 0.0139. The Labute approximate surface area is 171 Å². The molecule has 5 nitrogen and oxygen atoms in total. The summed E-state index contributed by atoms with van der Waals surface area (Å²) < 4.78 is 0. The maximum absolute atomic E-state index is 13.2. The van der Waals surface area contributed by atoms with Crippen LogP contribution in [-0.4, -0.2) is 22.6 Å². The molecular formula is C23H17NO4S. The Morgan fingerprint density at radius 2 is 1.55 bits per heavy atom. The largest absolute Gasteiger partial charge is 0.478 e. The van der Waals surface area contributed by atoms with Crippen LogP contribution in [-0.2, 0) is 5.75 Å². The molecule has 0 atom stereocenters. The van der Waals surface area contributed by atoms with E-state index in [0.29, 0.717) is 16.2 Å². The van der Waals surface area contributed by atoms with Gasteiger partial charge < -0.3 is 10.8 Å². The number of carbonyl (C=O) groups is 3.